The Morgan fingerprint density at radius 1 is 1.03 bits per heavy atom. The third-order valence-electron chi connectivity index (χ3n) is 5.06. The molecule has 166 valence electrons. The molecule has 0 unspecified atom stereocenters. The van der Waals surface area contributed by atoms with E-state index in [1.165, 1.54) is 29.5 Å². The first kappa shape index (κ1) is 22.2. The first-order valence-electron chi connectivity index (χ1n) is 9.99. The molecule has 1 heterocycles. The van der Waals surface area contributed by atoms with Crippen molar-refractivity contribution in [3.63, 3.8) is 0 Å². The van der Waals surface area contributed by atoms with E-state index in [1.807, 2.05) is 26.0 Å². The van der Waals surface area contributed by atoms with Crippen LogP contribution in [0.3, 0.4) is 0 Å². The lowest BCUT2D eigenvalue weighted by atomic mass is 10.0. The summed E-state index contributed by atoms with van der Waals surface area (Å²) < 4.78 is 21.1. The summed E-state index contributed by atoms with van der Waals surface area (Å²) in [6.07, 6.45) is 2.00. The van der Waals surface area contributed by atoms with Crippen molar-refractivity contribution in [3.05, 3.63) is 93.6 Å². The summed E-state index contributed by atoms with van der Waals surface area (Å²) in [7, 11) is 0. The topological polar surface area (TPSA) is 83.8 Å². The van der Waals surface area contributed by atoms with Gasteiger partial charge in [0.05, 0.1) is 0 Å². The van der Waals surface area contributed by atoms with Crippen LogP contribution in [0.15, 0.2) is 60.7 Å². The monoisotopic (exact) mass is 462 g/mol. The second-order valence-electron chi connectivity index (χ2n) is 7.55. The van der Waals surface area contributed by atoms with Crippen LogP contribution in [0, 0.1) is 19.7 Å². The maximum Gasteiger partial charge on any atom is 0.328 e. The first-order valence-corrected chi connectivity index (χ1v) is 10.8. The first-order chi connectivity index (χ1) is 15.7. The Labute approximate surface area is 193 Å². The third kappa shape index (κ3) is 4.63. The number of phenols is 1. The molecule has 0 amide bonds. The Balaban J connectivity index is 1.79. The van der Waals surface area contributed by atoms with Crippen molar-refractivity contribution in [2.75, 3.05) is 0 Å². The zero-order valence-corrected chi connectivity index (χ0v) is 18.6. The zero-order chi connectivity index (χ0) is 23.7. The molecule has 5 nitrogen and oxygen atoms in total. The van der Waals surface area contributed by atoms with E-state index < -0.39 is 11.8 Å². The minimum atomic E-state index is -1.18. The number of fused-ring (bicyclic) bond motifs is 1. The summed E-state index contributed by atoms with van der Waals surface area (Å²) >= 11 is 1.19. The molecule has 0 saturated carbocycles. The lowest BCUT2D eigenvalue weighted by Gasteiger charge is -2.10. The van der Waals surface area contributed by atoms with E-state index in [0.717, 1.165) is 29.3 Å². The van der Waals surface area contributed by atoms with Crippen LogP contribution in [0.1, 0.15) is 31.9 Å². The van der Waals surface area contributed by atoms with Crippen LogP contribution >= 0.6 is 11.3 Å². The molecule has 4 aromatic rings. The number of halogens is 1. The molecule has 33 heavy (non-hydrogen) atoms. The fraction of sp³-hybridized carbons (Fsp3) is 0.0769. The van der Waals surface area contributed by atoms with E-state index >= 15 is 0 Å². The number of hydrogen-bond acceptors (Lipinski definition) is 5. The largest absolute Gasteiger partial charge is 0.508 e. The van der Waals surface area contributed by atoms with Crippen molar-refractivity contribution in [2.24, 2.45) is 0 Å². The standard InChI is InChI=1S/C26H19FO5S/c1-14-3-8-19(15(2)11-14)24(31)26-25(20-9-6-17(28)12-22(20)33-26)32-18-7-4-16(21(27)13-18)5-10-23(29)30/h3-13,28H,1-2H3,(H,29,30)/b10-5+. The van der Waals surface area contributed by atoms with Gasteiger partial charge in [0.25, 0.3) is 0 Å². The van der Waals surface area contributed by atoms with E-state index in [2.05, 4.69) is 0 Å². The second kappa shape index (κ2) is 8.88. The lowest BCUT2D eigenvalue weighted by Crippen LogP contribution is -2.03. The van der Waals surface area contributed by atoms with Crippen LogP contribution in [-0.2, 0) is 4.79 Å². The Morgan fingerprint density at radius 3 is 2.52 bits per heavy atom. The SMILES string of the molecule is Cc1ccc(C(=O)c2sc3cc(O)ccc3c2Oc2ccc(/C=C/C(=O)O)c(F)c2)c(C)c1. The van der Waals surface area contributed by atoms with E-state index in [1.54, 1.807) is 18.2 Å². The molecule has 0 saturated heterocycles. The highest BCUT2D eigenvalue weighted by atomic mass is 32.1. The van der Waals surface area contributed by atoms with E-state index in [-0.39, 0.29) is 28.6 Å². The van der Waals surface area contributed by atoms with Crippen LogP contribution in [0.2, 0.25) is 0 Å². The minimum Gasteiger partial charge on any atom is -0.508 e. The number of rotatable bonds is 6. The summed E-state index contributed by atoms with van der Waals surface area (Å²) in [5.74, 6) is -1.59. The number of benzene rings is 3. The van der Waals surface area contributed by atoms with Crippen LogP contribution in [-0.4, -0.2) is 22.0 Å². The summed E-state index contributed by atoms with van der Waals surface area (Å²) in [6, 6.07) is 14.3. The Hall–Kier alpha value is -3.97. The molecular formula is C26H19FO5S. The fourth-order valence-corrected chi connectivity index (χ4v) is 4.61. The summed E-state index contributed by atoms with van der Waals surface area (Å²) in [5.41, 5.74) is 2.49. The molecule has 2 N–H and O–H groups in total. The number of carboxylic acids is 1. The summed E-state index contributed by atoms with van der Waals surface area (Å²) in [4.78, 5) is 24.5. The molecule has 1 aromatic heterocycles. The van der Waals surface area contributed by atoms with Gasteiger partial charge in [-0.25, -0.2) is 9.18 Å². The number of carboxylic acid groups (broad SMARTS) is 1. The molecule has 0 fully saturated rings. The Kier molecular flexibility index (Phi) is 5.98. The molecule has 7 heteroatoms. The van der Waals surface area contributed by atoms with Crippen molar-refractivity contribution in [1.29, 1.82) is 0 Å². The molecule has 0 aliphatic rings. The molecule has 0 radical (unpaired) electrons. The van der Waals surface area contributed by atoms with Gasteiger partial charge in [0, 0.05) is 33.4 Å². The maximum absolute atomic E-state index is 14.5. The van der Waals surface area contributed by atoms with Crippen LogP contribution in [0.4, 0.5) is 4.39 Å². The molecule has 0 aliphatic heterocycles. The zero-order valence-electron chi connectivity index (χ0n) is 17.8. The van der Waals surface area contributed by atoms with Gasteiger partial charge < -0.3 is 14.9 Å². The highest BCUT2D eigenvalue weighted by molar-refractivity contribution is 7.21. The average molecular weight is 462 g/mol. The predicted octanol–water partition coefficient (Wildman–Crippen LogP) is 6.48. The van der Waals surface area contributed by atoms with Gasteiger partial charge in [-0.15, -0.1) is 11.3 Å². The predicted molar refractivity (Wildman–Crippen MR) is 126 cm³/mol. The fourth-order valence-electron chi connectivity index (χ4n) is 3.49. The van der Waals surface area contributed by atoms with Crippen molar-refractivity contribution >= 4 is 39.3 Å². The highest BCUT2D eigenvalue weighted by Gasteiger charge is 2.23. The number of aryl methyl sites for hydroxylation is 2. The number of carbonyl (C=O) groups is 2. The van der Waals surface area contributed by atoms with Crippen LogP contribution in [0.5, 0.6) is 17.2 Å². The molecule has 0 atom stereocenters. The van der Waals surface area contributed by atoms with Crippen molar-refractivity contribution in [1.82, 2.24) is 0 Å². The van der Waals surface area contributed by atoms with Crippen molar-refractivity contribution in [3.8, 4) is 17.2 Å². The third-order valence-corrected chi connectivity index (χ3v) is 6.19. The normalized spacial score (nSPS) is 11.2. The number of carbonyl (C=O) groups excluding carboxylic acids is 1. The highest BCUT2D eigenvalue weighted by Crippen LogP contribution is 2.43. The van der Waals surface area contributed by atoms with E-state index in [0.29, 0.717) is 20.5 Å². The minimum absolute atomic E-state index is 0.0569. The number of aliphatic carboxylic acids is 1. The van der Waals surface area contributed by atoms with Gasteiger partial charge in [-0.05, 0) is 55.8 Å². The van der Waals surface area contributed by atoms with E-state index in [4.69, 9.17) is 9.84 Å². The molecule has 0 spiro atoms. The van der Waals surface area contributed by atoms with Gasteiger partial charge in [0.1, 0.15) is 22.2 Å². The molecular weight excluding hydrogens is 443 g/mol. The quantitative estimate of drug-likeness (QED) is 0.253. The summed E-state index contributed by atoms with van der Waals surface area (Å²) in [5, 5.41) is 19.2. The molecule has 0 bridgehead atoms. The lowest BCUT2D eigenvalue weighted by molar-refractivity contribution is -0.131. The van der Waals surface area contributed by atoms with Gasteiger partial charge in [0.15, 0.2) is 5.75 Å². The Bertz CT molecular complexity index is 1430. The number of phenolic OH excluding ortho intramolecular Hbond substituents is 1. The maximum atomic E-state index is 14.5. The number of ketones is 1. The molecule has 0 aliphatic carbocycles. The van der Waals surface area contributed by atoms with Crippen molar-refractivity contribution in [2.45, 2.75) is 13.8 Å². The van der Waals surface area contributed by atoms with Crippen LogP contribution in [0.25, 0.3) is 16.2 Å². The van der Waals surface area contributed by atoms with Gasteiger partial charge in [-0.1, -0.05) is 23.8 Å². The number of aromatic hydroxyl groups is 1. The molecule has 3 aromatic carbocycles. The second-order valence-corrected chi connectivity index (χ2v) is 8.60. The van der Waals surface area contributed by atoms with E-state index in [9.17, 15) is 19.1 Å². The summed E-state index contributed by atoms with van der Waals surface area (Å²) in [6.45, 7) is 3.81. The smallest absolute Gasteiger partial charge is 0.328 e. The van der Waals surface area contributed by atoms with Gasteiger partial charge in [-0.2, -0.15) is 0 Å². The average Bonchev–Trinajstić information content (AvgIpc) is 3.10. The number of thiophene rings is 1. The van der Waals surface area contributed by atoms with Crippen molar-refractivity contribution < 1.29 is 28.9 Å². The number of hydrogen-bond donors (Lipinski definition) is 2. The Morgan fingerprint density at radius 2 is 1.82 bits per heavy atom. The van der Waals surface area contributed by atoms with Gasteiger partial charge >= 0.3 is 5.97 Å². The number of ether oxygens (including phenoxy) is 1. The molecule has 4 rings (SSSR count). The van der Waals surface area contributed by atoms with Gasteiger partial charge in [-0.3, -0.25) is 4.79 Å². The van der Waals surface area contributed by atoms with Crippen LogP contribution < -0.4 is 4.74 Å². The van der Waals surface area contributed by atoms with Gasteiger partial charge in [0.2, 0.25) is 5.78 Å².